The Labute approximate surface area is 155 Å². The second-order valence-electron chi connectivity index (χ2n) is 7.07. The van der Waals surface area contributed by atoms with E-state index in [1.807, 2.05) is 30.4 Å². The summed E-state index contributed by atoms with van der Waals surface area (Å²) >= 11 is 8.48. The van der Waals surface area contributed by atoms with Crippen molar-refractivity contribution in [3.63, 3.8) is 0 Å². The smallest absolute Gasteiger partial charge is 0.152 e. The Kier molecular flexibility index (Phi) is 3.52. The molecule has 3 aromatic rings. The Morgan fingerprint density at radius 2 is 2.08 bits per heavy atom. The fourth-order valence-corrected chi connectivity index (χ4v) is 6.00. The lowest BCUT2D eigenvalue weighted by Crippen LogP contribution is -2.22. The predicted octanol–water partition coefficient (Wildman–Crippen LogP) is 4.22. The van der Waals surface area contributed by atoms with Gasteiger partial charge < -0.3 is 0 Å². The van der Waals surface area contributed by atoms with Crippen molar-refractivity contribution < 1.29 is 0 Å². The van der Waals surface area contributed by atoms with Gasteiger partial charge in [-0.1, -0.05) is 36.7 Å². The molecule has 0 saturated carbocycles. The lowest BCUT2D eigenvalue weighted by Gasteiger charge is -2.20. The molecule has 0 spiro atoms. The lowest BCUT2D eigenvalue weighted by molar-refractivity contribution is 0.588. The summed E-state index contributed by atoms with van der Waals surface area (Å²) < 4.78 is 2.23. The monoisotopic (exact) mass is 370 g/mol. The molecule has 0 fully saturated rings. The highest BCUT2D eigenvalue weighted by molar-refractivity contribution is 7.15. The van der Waals surface area contributed by atoms with Crippen LogP contribution in [0.3, 0.4) is 0 Å². The van der Waals surface area contributed by atoms with E-state index in [4.69, 9.17) is 11.6 Å². The second kappa shape index (κ2) is 5.66. The van der Waals surface area contributed by atoms with Gasteiger partial charge in [-0.3, -0.25) is 9.88 Å². The average Bonchev–Trinajstić information content (AvgIpc) is 3.19. The van der Waals surface area contributed by atoms with Crippen molar-refractivity contribution in [3.8, 4) is 5.00 Å². The first-order valence-electron chi connectivity index (χ1n) is 8.67. The molecule has 25 heavy (non-hydrogen) atoms. The van der Waals surface area contributed by atoms with Crippen molar-refractivity contribution in [1.29, 1.82) is 0 Å². The number of aryl methyl sites for hydroxylation is 1. The van der Waals surface area contributed by atoms with Crippen molar-refractivity contribution in [2.24, 2.45) is 5.92 Å². The minimum absolute atomic E-state index is 0.0927. The van der Waals surface area contributed by atoms with Crippen LogP contribution in [-0.2, 0) is 19.4 Å². The van der Waals surface area contributed by atoms with E-state index < -0.39 is 0 Å². The number of hydrogen-bond acceptors (Lipinski definition) is 4. The molecule has 0 amide bonds. The third kappa shape index (κ3) is 2.30. The first-order chi connectivity index (χ1) is 12.1. The second-order valence-corrected chi connectivity index (χ2v) is 8.56. The largest absolute Gasteiger partial charge is 0.299 e. The standard InChI is InChI=1S/C19H19ClN4S/c1-10-7-13-15(8-10)25-19-17(13)18(12-5-3-4-6-14(12)20)21-9-16-23-22-11(2)24(16)19/h3-6,10,18,21H,7-9H2,1-2H3/t10?,18-/m0/s1. The first kappa shape index (κ1) is 15.6. The molecule has 4 nitrogen and oxygen atoms in total. The fourth-order valence-electron chi connectivity index (χ4n) is 4.16. The number of nitrogens with one attached hydrogen (secondary N) is 1. The van der Waals surface area contributed by atoms with E-state index in [0.717, 1.165) is 28.7 Å². The lowest BCUT2D eigenvalue weighted by atomic mass is 9.95. The molecule has 3 heterocycles. The molecule has 0 saturated heterocycles. The Morgan fingerprint density at radius 3 is 2.92 bits per heavy atom. The van der Waals surface area contributed by atoms with E-state index in [0.29, 0.717) is 12.5 Å². The van der Waals surface area contributed by atoms with Crippen LogP contribution in [0.2, 0.25) is 5.02 Å². The van der Waals surface area contributed by atoms with Gasteiger partial charge in [0.05, 0.1) is 12.6 Å². The number of fused-ring (bicyclic) bond motifs is 5. The van der Waals surface area contributed by atoms with Crippen LogP contribution in [0.25, 0.3) is 5.00 Å². The number of halogens is 1. The van der Waals surface area contributed by atoms with Gasteiger partial charge in [-0.15, -0.1) is 21.5 Å². The molecular formula is C19H19ClN4S. The topological polar surface area (TPSA) is 42.7 Å². The van der Waals surface area contributed by atoms with Crippen LogP contribution in [0.4, 0.5) is 0 Å². The number of benzene rings is 1. The zero-order valence-corrected chi connectivity index (χ0v) is 15.8. The summed E-state index contributed by atoms with van der Waals surface area (Å²) in [7, 11) is 0. The maximum Gasteiger partial charge on any atom is 0.152 e. The maximum atomic E-state index is 6.57. The zero-order chi connectivity index (χ0) is 17.1. The van der Waals surface area contributed by atoms with Crippen molar-refractivity contribution >= 4 is 22.9 Å². The van der Waals surface area contributed by atoms with E-state index in [-0.39, 0.29) is 6.04 Å². The molecule has 1 aliphatic heterocycles. The van der Waals surface area contributed by atoms with E-state index in [2.05, 4.69) is 39.1 Å². The molecule has 2 aliphatic rings. The number of aromatic nitrogens is 3. The van der Waals surface area contributed by atoms with Crippen LogP contribution in [0.5, 0.6) is 0 Å². The van der Waals surface area contributed by atoms with Crippen LogP contribution < -0.4 is 5.32 Å². The van der Waals surface area contributed by atoms with Gasteiger partial charge >= 0.3 is 0 Å². The molecule has 6 heteroatoms. The van der Waals surface area contributed by atoms with Gasteiger partial charge in [-0.2, -0.15) is 0 Å². The summed E-state index contributed by atoms with van der Waals surface area (Å²) in [5.74, 6) is 2.63. The first-order valence-corrected chi connectivity index (χ1v) is 9.86. The highest BCUT2D eigenvalue weighted by Gasteiger charge is 2.35. The van der Waals surface area contributed by atoms with Crippen LogP contribution in [0, 0.1) is 12.8 Å². The molecule has 128 valence electrons. The molecule has 2 aromatic heterocycles. The molecule has 1 aromatic carbocycles. The van der Waals surface area contributed by atoms with Gasteiger partial charge in [0.1, 0.15) is 10.8 Å². The third-order valence-corrected chi connectivity index (χ3v) is 6.86. The molecule has 5 rings (SSSR count). The minimum Gasteiger partial charge on any atom is -0.299 e. The van der Waals surface area contributed by atoms with E-state index in [9.17, 15) is 0 Å². The summed E-state index contributed by atoms with van der Waals surface area (Å²) in [4.78, 5) is 1.51. The Hall–Kier alpha value is -1.69. The molecule has 0 bridgehead atoms. The quantitative estimate of drug-likeness (QED) is 0.697. The van der Waals surface area contributed by atoms with Gasteiger partial charge in [0.2, 0.25) is 0 Å². The van der Waals surface area contributed by atoms with Crippen LogP contribution in [-0.4, -0.2) is 14.8 Å². The normalized spacial score (nSPS) is 21.6. The maximum absolute atomic E-state index is 6.57. The molecule has 0 radical (unpaired) electrons. The van der Waals surface area contributed by atoms with Crippen LogP contribution >= 0.6 is 22.9 Å². The fraction of sp³-hybridized carbons (Fsp3) is 0.368. The van der Waals surface area contributed by atoms with E-state index >= 15 is 0 Å². The van der Waals surface area contributed by atoms with Crippen molar-refractivity contribution in [2.75, 3.05) is 0 Å². The van der Waals surface area contributed by atoms with Gasteiger partial charge in [0.15, 0.2) is 5.82 Å². The number of nitrogens with zero attached hydrogens (tertiary/aromatic N) is 3. The molecular weight excluding hydrogens is 352 g/mol. The van der Waals surface area contributed by atoms with Gasteiger partial charge in [-0.25, -0.2) is 0 Å². The summed E-state index contributed by atoms with van der Waals surface area (Å²) in [6, 6.07) is 8.25. The third-order valence-electron chi connectivity index (χ3n) is 5.26. The van der Waals surface area contributed by atoms with Crippen LogP contribution in [0.15, 0.2) is 24.3 Å². The minimum atomic E-state index is 0.0927. The van der Waals surface area contributed by atoms with Gasteiger partial charge in [-0.05, 0) is 42.9 Å². The van der Waals surface area contributed by atoms with Crippen molar-refractivity contribution in [3.05, 3.63) is 62.5 Å². The van der Waals surface area contributed by atoms with E-state index in [1.165, 1.54) is 27.4 Å². The van der Waals surface area contributed by atoms with Gasteiger partial charge in [0, 0.05) is 15.5 Å². The summed E-state index contributed by atoms with van der Waals surface area (Å²) in [6.45, 7) is 5.05. The summed E-state index contributed by atoms with van der Waals surface area (Å²) in [5, 5.41) is 14.5. The number of hydrogen-bond donors (Lipinski definition) is 1. The average molecular weight is 371 g/mol. The Balaban J connectivity index is 1.77. The van der Waals surface area contributed by atoms with Crippen LogP contribution in [0.1, 0.15) is 46.2 Å². The summed E-state index contributed by atoms with van der Waals surface area (Å²) in [5.41, 5.74) is 4.02. The molecule has 1 N–H and O–H groups in total. The van der Waals surface area contributed by atoms with Crippen molar-refractivity contribution in [1.82, 2.24) is 20.1 Å². The number of thiophene rings is 1. The predicted molar refractivity (Wildman–Crippen MR) is 101 cm³/mol. The highest BCUT2D eigenvalue weighted by atomic mass is 35.5. The molecule has 1 aliphatic carbocycles. The number of rotatable bonds is 1. The highest BCUT2D eigenvalue weighted by Crippen LogP contribution is 2.46. The van der Waals surface area contributed by atoms with E-state index in [1.54, 1.807) is 0 Å². The summed E-state index contributed by atoms with van der Waals surface area (Å²) in [6.07, 6.45) is 2.30. The molecule has 1 unspecified atom stereocenters. The Morgan fingerprint density at radius 1 is 1.24 bits per heavy atom. The SMILES string of the molecule is Cc1nnc2n1-c1sc3c(c1[C@H](c1ccccc1Cl)NC2)CC(C)C3. The molecule has 2 atom stereocenters. The Bertz CT molecular complexity index is 974. The zero-order valence-electron chi connectivity index (χ0n) is 14.2. The van der Waals surface area contributed by atoms with Crippen molar-refractivity contribution in [2.45, 2.75) is 39.3 Å². The van der Waals surface area contributed by atoms with Gasteiger partial charge in [0.25, 0.3) is 0 Å².